The summed E-state index contributed by atoms with van der Waals surface area (Å²) in [4.78, 5) is 12.2. The molecule has 3 atom stereocenters. The molecule has 0 spiro atoms. The first-order valence-corrected chi connectivity index (χ1v) is 4.95. The van der Waals surface area contributed by atoms with Crippen LogP contribution in [0.25, 0.3) is 0 Å². The molecule has 0 aromatic rings. The Morgan fingerprint density at radius 3 is 2.85 bits per heavy atom. The van der Waals surface area contributed by atoms with Crippen molar-refractivity contribution in [2.24, 2.45) is 17.6 Å². The Morgan fingerprint density at radius 2 is 2.15 bits per heavy atom. The van der Waals surface area contributed by atoms with Gasteiger partial charge in [-0.2, -0.15) is 0 Å². The Morgan fingerprint density at radius 1 is 1.38 bits per heavy atom. The summed E-state index contributed by atoms with van der Waals surface area (Å²) in [5.41, 5.74) is 5.91. The Labute approximate surface area is 77.7 Å². The Balaban J connectivity index is 2.08. The first-order valence-electron chi connectivity index (χ1n) is 4.95. The molecule has 2 aliphatic rings. The lowest BCUT2D eigenvalue weighted by molar-refractivity contribution is 0.0624. The van der Waals surface area contributed by atoms with E-state index in [1.54, 1.807) is 0 Å². The summed E-state index contributed by atoms with van der Waals surface area (Å²) in [6.07, 6.45) is 3.46. The number of rotatable bonds is 0. The van der Waals surface area contributed by atoms with Crippen LogP contribution in [0, 0.1) is 11.8 Å². The van der Waals surface area contributed by atoms with Crippen molar-refractivity contribution in [1.82, 2.24) is 4.90 Å². The number of hydrogen-bond acceptors (Lipinski definition) is 2. The van der Waals surface area contributed by atoms with Crippen LogP contribution in [0.15, 0.2) is 0 Å². The van der Waals surface area contributed by atoms with E-state index in [1.807, 2.05) is 0 Å². The van der Waals surface area contributed by atoms with Crippen LogP contribution in [-0.4, -0.2) is 28.8 Å². The largest absolute Gasteiger partial charge is 0.465 e. The van der Waals surface area contributed by atoms with Crippen LogP contribution in [0.5, 0.6) is 0 Å². The van der Waals surface area contributed by atoms with Gasteiger partial charge in [0.25, 0.3) is 0 Å². The lowest BCUT2D eigenvalue weighted by Crippen LogP contribution is -2.54. The monoisotopic (exact) mass is 184 g/mol. The second-order valence-corrected chi connectivity index (χ2v) is 4.11. The number of nitrogens with two attached hydrogens (primary N) is 1. The van der Waals surface area contributed by atoms with Crippen molar-refractivity contribution >= 4 is 6.09 Å². The van der Waals surface area contributed by atoms with Gasteiger partial charge in [0, 0.05) is 6.54 Å². The second kappa shape index (κ2) is 3.18. The van der Waals surface area contributed by atoms with Crippen LogP contribution in [0.3, 0.4) is 0 Å². The topological polar surface area (TPSA) is 66.6 Å². The van der Waals surface area contributed by atoms with Gasteiger partial charge < -0.3 is 10.8 Å². The highest BCUT2D eigenvalue weighted by Gasteiger charge is 2.40. The van der Waals surface area contributed by atoms with E-state index >= 15 is 0 Å². The first-order chi connectivity index (χ1) is 6.20. The summed E-state index contributed by atoms with van der Waals surface area (Å²) < 4.78 is 0. The van der Waals surface area contributed by atoms with E-state index in [9.17, 15) is 4.79 Å². The number of hydrogen-bond donors (Lipinski definition) is 2. The lowest BCUT2D eigenvalue weighted by atomic mass is 9.86. The van der Waals surface area contributed by atoms with Crippen molar-refractivity contribution in [3.63, 3.8) is 0 Å². The highest BCUT2D eigenvalue weighted by molar-refractivity contribution is 5.65. The zero-order chi connectivity index (χ0) is 9.42. The van der Waals surface area contributed by atoms with Gasteiger partial charge in [0.15, 0.2) is 0 Å². The maximum atomic E-state index is 10.8. The van der Waals surface area contributed by atoms with E-state index in [-0.39, 0.29) is 6.17 Å². The summed E-state index contributed by atoms with van der Waals surface area (Å²) in [6.45, 7) is 0.623. The zero-order valence-electron chi connectivity index (χ0n) is 7.65. The van der Waals surface area contributed by atoms with Gasteiger partial charge >= 0.3 is 6.09 Å². The van der Waals surface area contributed by atoms with Crippen molar-refractivity contribution in [3.05, 3.63) is 0 Å². The third kappa shape index (κ3) is 1.39. The molecule has 1 amide bonds. The van der Waals surface area contributed by atoms with E-state index in [2.05, 4.69) is 0 Å². The molecule has 4 heteroatoms. The van der Waals surface area contributed by atoms with Gasteiger partial charge in [-0.3, -0.25) is 4.90 Å². The first kappa shape index (κ1) is 8.81. The van der Waals surface area contributed by atoms with Crippen molar-refractivity contribution in [1.29, 1.82) is 0 Å². The molecule has 0 aromatic carbocycles. The number of likely N-dealkylation sites (tertiary alicyclic amines) is 1. The molecule has 1 heterocycles. The number of fused-ring (bicyclic) bond motifs is 1. The normalized spacial score (nSPS) is 38.8. The van der Waals surface area contributed by atoms with Crippen molar-refractivity contribution in [3.8, 4) is 0 Å². The maximum absolute atomic E-state index is 10.8. The van der Waals surface area contributed by atoms with E-state index < -0.39 is 6.09 Å². The van der Waals surface area contributed by atoms with Crippen LogP contribution >= 0.6 is 0 Å². The molecule has 4 nitrogen and oxygen atoms in total. The van der Waals surface area contributed by atoms with Crippen molar-refractivity contribution in [2.45, 2.75) is 31.8 Å². The standard InChI is InChI=1S/C9H16N2O2/c10-8-7-3-1-2-6(7)4-5-11(8)9(12)13/h6-8H,1-5,10H2,(H,12,13). The third-order valence-corrected chi connectivity index (χ3v) is 3.50. The number of nitrogens with zero attached hydrogens (tertiary/aromatic N) is 1. The lowest BCUT2D eigenvalue weighted by Gasteiger charge is -2.39. The fraction of sp³-hybridized carbons (Fsp3) is 0.889. The molecule has 0 bridgehead atoms. The number of carbonyl (C=O) groups is 1. The van der Waals surface area contributed by atoms with Crippen LogP contribution in [-0.2, 0) is 0 Å². The molecule has 1 saturated heterocycles. The van der Waals surface area contributed by atoms with Gasteiger partial charge in [0.05, 0.1) is 6.17 Å². The highest BCUT2D eigenvalue weighted by atomic mass is 16.4. The molecular weight excluding hydrogens is 168 g/mol. The summed E-state index contributed by atoms with van der Waals surface area (Å²) in [7, 11) is 0. The predicted molar refractivity (Wildman–Crippen MR) is 48.2 cm³/mol. The fourth-order valence-corrected chi connectivity index (χ4v) is 2.78. The number of carboxylic acid groups (broad SMARTS) is 1. The molecule has 2 rings (SSSR count). The molecule has 3 unspecified atom stereocenters. The molecule has 13 heavy (non-hydrogen) atoms. The Hall–Kier alpha value is -0.770. The van der Waals surface area contributed by atoms with E-state index in [0.717, 1.165) is 12.8 Å². The minimum atomic E-state index is -0.863. The average Bonchev–Trinajstić information content (AvgIpc) is 2.52. The number of piperidine rings is 1. The maximum Gasteiger partial charge on any atom is 0.408 e. The van der Waals surface area contributed by atoms with Gasteiger partial charge in [0.2, 0.25) is 0 Å². The summed E-state index contributed by atoms with van der Waals surface area (Å²) in [6, 6.07) is 0. The van der Waals surface area contributed by atoms with Gasteiger partial charge in [-0.05, 0) is 31.1 Å². The molecule has 3 N–H and O–H groups in total. The van der Waals surface area contributed by atoms with Crippen molar-refractivity contribution in [2.75, 3.05) is 6.54 Å². The van der Waals surface area contributed by atoms with E-state index in [4.69, 9.17) is 10.8 Å². The molecule has 0 radical (unpaired) electrons. The zero-order valence-corrected chi connectivity index (χ0v) is 7.65. The van der Waals surface area contributed by atoms with Crippen LogP contribution in [0.1, 0.15) is 25.7 Å². The third-order valence-electron chi connectivity index (χ3n) is 3.50. The average molecular weight is 184 g/mol. The van der Waals surface area contributed by atoms with E-state index in [1.165, 1.54) is 17.7 Å². The molecular formula is C9H16N2O2. The Kier molecular flexibility index (Phi) is 2.15. The smallest absolute Gasteiger partial charge is 0.408 e. The highest BCUT2D eigenvalue weighted by Crippen LogP contribution is 2.39. The molecule has 1 aliphatic carbocycles. The van der Waals surface area contributed by atoms with Crippen LogP contribution < -0.4 is 5.73 Å². The van der Waals surface area contributed by atoms with Gasteiger partial charge in [-0.1, -0.05) is 6.42 Å². The molecule has 2 fully saturated rings. The molecule has 1 aliphatic heterocycles. The Bertz CT molecular complexity index is 220. The minimum absolute atomic E-state index is 0.251. The number of amides is 1. The van der Waals surface area contributed by atoms with Gasteiger partial charge in [-0.15, -0.1) is 0 Å². The SMILES string of the molecule is NC1C2CCCC2CCN1C(=O)O. The predicted octanol–water partition coefficient (Wildman–Crippen LogP) is 1.07. The summed E-state index contributed by atoms with van der Waals surface area (Å²) in [5, 5.41) is 8.87. The fourth-order valence-electron chi connectivity index (χ4n) is 2.78. The molecule has 1 saturated carbocycles. The molecule has 0 aromatic heterocycles. The summed E-state index contributed by atoms with van der Waals surface area (Å²) in [5.74, 6) is 1.11. The summed E-state index contributed by atoms with van der Waals surface area (Å²) >= 11 is 0. The quantitative estimate of drug-likeness (QED) is 0.591. The molecule has 74 valence electrons. The minimum Gasteiger partial charge on any atom is -0.465 e. The van der Waals surface area contributed by atoms with Gasteiger partial charge in [-0.25, -0.2) is 4.79 Å². The van der Waals surface area contributed by atoms with Crippen LogP contribution in [0.2, 0.25) is 0 Å². The van der Waals surface area contributed by atoms with Crippen LogP contribution in [0.4, 0.5) is 4.79 Å². The van der Waals surface area contributed by atoms with E-state index in [0.29, 0.717) is 18.4 Å². The second-order valence-electron chi connectivity index (χ2n) is 4.11. The van der Waals surface area contributed by atoms with Crippen molar-refractivity contribution < 1.29 is 9.90 Å². The van der Waals surface area contributed by atoms with Gasteiger partial charge in [0.1, 0.15) is 0 Å².